The number of aryl methyl sites for hydroxylation is 1. The van der Waals surface area contributed by atoms with E-state index in [-0.39, 0.29) is 34.5 Å². The Bertz CT molecular complexity index is 1260. The van der Waals surface area contributed by atoms with Gasteiger partial charge in [-0.1, -0.05) is 36.3 Å². The molecule has 5 fully saturated rings. The maximum atomic E-state index is 13.1. The van der Waals surface area contributed by atoms with Crippen molar-refractivity contribution in [3.8, 4) is 0 Å². The Labute approximate surface area is 251 Å². The van der Waals surface area contributed by atoms with E-state index in [2.05, 4.69) is 13.0 Å². The lowest BCUT2D eigenvalue weighted by atomic mass is 9.46. The first kappa shape index (κ1) is 29.4. The predicted octanol–water partition coefficient (Wildman–Crippen LogP) is 6.34. The van der Waals surface area contributed by atoms with Crippen LogP contribution in [-0.2, 0) is 33.2 Å². The van der Waals surface area contributed by atoms with Gasteiger partial charge in [0.05, 0.1) is 43.5 Å². The number of hydrogen-bond donors (Lipinski definition) is 0. The van der Waals surface area contributed by atoms with Crippen LogP contribution in [0.15, 0.2) is 40.8 Å². The maximum Gasteiger partial charge on any atom is 0.296 e. The Balaban J connectivity index is 1.13. The molecule has 0 aromatic heterocycles. The summed E-state index contributed by atoms with van der Waals surface area (Å²) >= 11 is 0. The first-order valence-electron chi connectivity index (χ1n) is 16.4. The molecule has 1 spiro atoms. The number of allylic oxidation sites excluding steroid dienone is 1. The third-order valence-corrected chi connectivity index (χ3v) is 13.5. The summed E-state index contributed by atoms with van der Waals surface area (Å²) in [7, 11) is -3.81. The molecule has 0 radical (unpaired) electrons. The fraction of sp³-hybridized carbons (Fsp3) is 0.765. The molecule has 4 aliphatic carbocycles. The average Bonchev–Trinajstić information content (AvgIpc) is 3.59. The van der Waals surface area contributed by atoms with Gasteiger partial charge in [0.15, 0.2) is 5.79 Å². The second kappa shape index (κ2) is 11.3. The highest BCUT2D eigenvalue weighted by atomic mass is 32.2. The fourth-order valence-corrected chi connectivity index (χ4v) is 11.0. The van der Waals surface area contributed by atoms with Crippen LogP contribution < -0.4 is 0 Å². The van der Waals surface area contributed by atoms with Gasteiger partial charge in [0.2, 0.25) is 0 Å². The van der Waals surface area contributed by atoms with Crippen molar-refractivity contribution in [3.05, 3.63) is 41.5 Å². The molecule has 1 aromatic rings. The van der Waals surface area contributed by atoms with E-state index in [1.165, 1.54) is 5.57 Å². The van der Waals surface area contributed by atoms with Crippen molar-refractivity contribution >= 4 is 10.1 Å². The zero-order valence-corrected chi connectivity index (χ0v) is 26.2. The number of benzene rings is 1. The molecule has 0 N–H and O–H groups in total. The van der Waals surface area contributed by atoms with Crippen LogP contribution in [0.25, 0.3) is 0 Å². The molecule has 2 saturated heterocycles. The van der Waals surface area contributed by atoms with E-state index in [0.717, 1.165) is 82.8 Å². The molecule has 3 saturated carbocycles. The maximum absolute atomic E-state index is 13.1. The van der Waals surface area contributed by atoms with E-state index >= 15 is 0 Å². The Hall–Kier alpha value is -1.29. The van der Waals surface area contributed by atoms with Crippen molar-refractivity contribution in [1.82, 2.24) is 0 Å². The molecular formula is C34H48O7S. The highest BCUT2D eigenvalue weighted by Gasteiger charge is 2.67. The monoisotopic (exact) mass is 600 g/mol. The van der Waals surface area contributed by atoms with Gasteiger partial charge in [-0.3, -0.25) is 4.18 Å². The third-order valence-electron chi connectivity index (χ3n) is 12.2. The van der Waals surface area contributed by atoms with Crippen LogP contribution in [0.1, 0.15) is 83.1 Å². The van der Waals surface area contributed by atoms with E-state index in [0.29, 0.717) is 37.6 Å². The summed E-state index contributed by atoms with van der Waals surface area (Å²) < 4.78 is 57.1. The molecule has 2 aliphatic heterocycles. The van der Waals surface area contributed by atoms with Crippen LogP contribution in [-0.4, -0.2) is 59.4 Å². The van der Waals surface area contributed by atoms with Crippen molar-refractivity contribution in [2.75, 3.05) is 33.0 Å². The molecule has 1 aromatic carbocycles. The smallest absolute Gasteiger partial charge is 0.296 e. The number of fused-ring (bicyclic) bond motifs is 6. The molecule has 42 heavy (non-hydrogen) atoms. The molecule has 0 bridgehead atoms. The minimum Gasteiger partial charge on any atom is -0.379 e. The van der Waals surface area contributed by atoms with E-state index < -0.39 is 15.9 Å². The Morgan fingerprint density at radius 1 is 0.929 bits per heavy atom. The van der Waals surface area contributed by atoms with Crippen LogP contribution in [0.4, 0.5) is 0 Å². The van der Waals surface area contributed by atoms with Crippen molar-refractivity contribution in [2.24, 2.45) is 28.6 Å². The quantitative estimate of drug-likeness (QED) is 0.267. The van der Waals surface area contributed by atoms with Gasteiger partial charge in [-0.25, -0.2) is 0 Å². The molecule has 1 unspecified atom stereocenters. The van der Waals surface area contributed by atoms with Crippen molar-refractivity contribution in [3.63, 3.8) is 0 Å². The third kappa shape index (κ3) is 4.93. The largest absolute Gasteiger partial charge is 0.379 e. The molecule has 7 atom stereocenters. The molecule has 8 heteroatoms. The van der Waals surface area contributed by atoms with Gasteiger partial charge < -0.3 is 18.9 Å². The van der Waals surface area contributed by atoms with Crippen LogP contribution >= 0.6 is 0 Å². The predicted molar refractivity (Wildman–Crippen MR) is 158 cm³/mol. The van der Waals surface area contributed by atoms with Gasteiger partial charge in [-0.2, -0.15) is 8.42 Å². The van der Waals surface area contributed by atoms with E-state index in [1.54, 1.807) is 12.1 Å². The SMILES string of the molecule is Cc1ccc(S(=O)(=O)OCC[C@]23CC[C@H](OC4CCCOC4)CC2=CC[C@@H]2[C@@H]3CC[C@@]3(C)[C@H]2CCC32OCCO2)cc1. The van der Waals surface area contributed by atoms with Crippen LogP contribution in [0.2, 0.25) is 0 Å². The molecule has 0 amide bonds. The van der Waals surface area contributed by atoms with Crippen molar-refractivity contribution < 1.29 is 31.5 Å². The standard InChI is InChI=1S/C34H48O7S/c1-24-5-8-28(9-6-24)42(35,36)40-19-17-33-15-11-26(41-27-4-3-18-37-23-27)22-25(33)7-10-29-30-13-16-34(38-20-21-39-34)32(30,2)14-12-31(29)33/h5-9,26-27,29-31H,3-4,10-23H2,1-2H3/t26-,27?,29-,30-,31-,32-,33+/m0/s1. The normalized spacial score (nSPS) is 39.4. The van der Waals surface area contributed by atoms with Crippen LogP contribution in [0, 0.1) is 35.5 Å². The number of ether oxygens (including phenoxy) is 4. The van der Waals surface area contributed by atoms with Crippen LogP contribution in [0.3, 0.4) is 0 Å². The summed E-state index contributed by atoms with van der Waals surface area (Å²) in [5, 5.41) is 0. The topological polar surface area (TPSA) is 80.3 Å². The van der Waals surface area contributed by atoms with Gasteiger partial charge in [0, 0.05) is 18.4 Å². The van der Waals surface area contributed by atoms with E-state index in [9.17, 15) is 8.42 Å². The second-order valence-corrected chi connectivity index (χ2v) is 15.7. The summed E-state index contributed by atoms with van der Waals surface area (Å²) in [6.45, 7) is 7.52. The zero-order valence-electron chi connectivity index (χ0n) is 25.4. The Kier molecular flexibility index (Phi) is 7.88. The molecule has 6 aliphatic rings. The minimum atomic E-state index is -3.81. The average molecular weight is 601 g/mol. The van der Waals surface area contributed by atoms with Crippen LogP contribution in [0.5, 0.6) is 0 Å². The van der Waals surface area contributed by atoms with Gasteiger partial charge in [-0.15, -0.1) is 0 Å². The number of rotatable bonds is 7. The molecule has 2 heterocycles. The molecular weight excluding hydrogens is 552 g/mol. The Morgan fingerprint density at radius 3 is 2.48 bits per heavy atom. The minimum absolute atomic E-state index is 0.0315. The summed E-state index contributed by atoms with van der Waals surface area (Å²) in [4.78, 5) is 0.232. The van der Waals surface area contributed by atoms with E-state index in [1.807, 2.05) is 19.1 Å². The van der Waals surface area contributed by atoms with Crippen molar-refractivity contribution in [2.45, 2.75) is 107 Å². The fourth-order valence-electron chi connectivity index (χ4n) is 10.1. The summed E-state index contributed by atoms with van der Waals surface area (Å²) in [6, 6.07) is 6.94. The summed E-state index contributed by atoms with van der Waals surface area (Å²) in [5.41, 5.74) is 2.49. The highest BCUT2D eigenvalue weighted by Crippen LogP contribution is 2.69. The lowest BCUT2D eigenvalue weighted by Crippen LogP contribution is -2.56. The molecule has 7 nitrogen and oxygen atoms in total. The van der Waals surface area contributed by atoms with Gasteiger partial charge in [0.1, 0.15) is 0 Å². The molecule has 232 valence electrons. The van der Waals surface area contributed by atoms with Gasteiger partial charge in [0.25, 0.3) is 10.1 Å². The lowest BCUT2D eigenvalue weighted by Gasteiger charge is -2.60. The zero-order chi connectivity index (χ0) is 29.0. The summed E-state index contributed by atoms with van der Waals surface area (Å²) in [5.74, 6) is 1.20. The second-order valence-electron chi connectivity index (χ2n) is 14.1. The number of hydrogen-bond acceptors (Lipinski definition) is 7. The first-order chi connectivity index (χ1) is 20.2. The van der Waals surface area contributed by atoms with Gasteiger partial charge in [-0.05, 0) is 106 Å². The first-order valence-corrected chi connectivity index (χ1v) is 17.8. The lowest BCUT2D eigenvalue weighted by molar-refractivity contribution is -0.242. The van der Waals surface area contributed by atoms with E-state index in [4.69, 9.17) is 23.1 Å². The highest BCUT2D eigenvalue weighted by molar-refractivity contribution is 7.86. The summed E-state index contributed by atoms with van der Waals surface area (Å²) in [6.07, 6.45) is 14.2. The molecule has 7 rings (SSSR count). The Morgan fingerprint density at radius 2 is 1.71 bits per heavy atom. The van der Waals surface area contributed by atoms with Gasteiger partial charge >= 0.3 is 0 Å². The van der Waals surface area contributed by atoms with Crippen molar-refractivity contribution in [1.29, 1.82) is 0 Å².